The third kappa shape index (κ3) is 1.83. The third-order valence-electron chi connectivity index (χ3n) is 2.97. The van der Waals surface area contributed by atoms with E-state index >= 15 is 0 Å². The first kappa shape index (κ1) is 11.4. The number of hydrogen-bond acceptors (Lipinski definition) is 3. The summed E-state index contributed by atoms with van der Waals surface area (Å²) >= 11 is 0. The second kappa shape index (κ2) is 4.18. The number of nitrogens with zero attached hydrogens (tertiary/aromatic N) is 4. The predicted molar refractivity (Wildman–Crippen MR) is 68.6 cm³/mol. The van der Waals surface area contributed by atoms with E-state index in [0.29, 0.717) is 17.1 Å². The van der Waals surface area contributed by atoms with Crippen LogP contribution in [-0.2, 0) is 7.05 Å². The van der Waals surface area contributed by atoms with Crippen LogP contribution in [0.2, 0.25) is 0 Å². The van der Waals surface area contributed by atoms with E-state index in [9.17, 15) is 4.39 Å². The molecule has 19 heavy (non-hydrogen) atoms. The second-order valence-electron chi connectivity index (χ2n) is 4.17. The highest BCUT2D eigenvalue weighted by Crippen LogP contribution is 2.22. The predicted octanol–water partition coefficient (Wildman–Crippen LogP) is 2.65. The van der Waals surface area contributed by atoms with E-state index in [4.69, 9.17) is 5.26 Å². The topological polar surface area (TPSA) is 54.5 Å². The number of aryl methyl sites for hydroxylation is 1. The van der Waals surface area contributed by atoms with Crippen molar-refractivity contribution in [3.05, 3.63) is 47.9 Å². The zero-order chi connectivity index (χ0) is 13.4. The second-order valence-corrected chi connectivity index (χ2v) is 4.17. The van der Waals surface area contributed by atoms with Gasteiger partial charge in [-0.15, -0.1) is 0 Å². The molecule has 0 saturated heterocycles. The van der Waals surface area contributed by atoms with E-state index in [2.05, 4.69) is 16.0 Å². The van der Waals surface area contributed by atoms with Gasteiger partial charge in [0.25, 0.3) is 0 Å². The highest BCUT2D eigenvalue weighted by atomic mass is 19.1. The summed E-state index contributed by atoms with van der Waals surface area (Å²) in [6, 6.07) is 10.3. The zero-order valence-electron chi connectivity index (χ0n) is 10.1. The van der Waals surface area contributed by atoms with Gasteiger partial charge in [-0.2, -0.15) is 5.26 Å². The number of nitriles is 1. The molecule has 0 aliphatic rings. The van der Waals surface area contributed by atoms with Crippen LogP contribution in [0.4, 0.5) is 4.39 Å². The smallest absolute Gasteiger partial charge is 0.159 e. The van der Waals surface area contributed by atoms with Gasteiger partial charge in [-0.25, -0.2) is 14.4 Å². The SMILES string of the molecule is Cn1c(-c2ccc(F)cn2)nc2ccc(C#N)cc21. The van der Waals surface area contributed by atoms with E-state index in [1.54, 1.807) is 24.3 Å². The van der Waals surface area contributed by atoms with Gasteiger partial charge in [-0.1, -0.05) is 0 Å². The molecule has 0 aliphatic heterocycles. The van der Waals surface area contributed by atoms with Gasteiger partial charge in [-0.05, 0) is 30.3 Å². The lowest BCUT2D eigenvalue weighted by Crippen LogP contribution is -1.95. The number of pyridine rings is 1. The van der Waals surface area contributed by atoms with Crippen LogP contribution in [0.1, 0.15) is 5.56 Å². The largest absolute Gasteiger partial charge is 0.326 e. The summed E-state index contributed by atoms with van der Waals surface area (Å²) in [7, 11) is 1.84. The molecule has 0 fully saturated rings. The molecule has 1 aromatic carbocycles. The Balaban J connectivity index is 2.23. The quantitative estimate of drug-likeness (QED) is 0.669. The Kier molecular flexibility index (Phi) is 2.50. The minimum absolute atomic E-state index is 0.380. The molecule has 0 saturated carbocycles. The fraction of sp³-hybridized carbons (Fsp3) is 0.0714. The van der Waals surface area contributed by atoms with Crippen molar-refractivity contribution >= 4 is 11.0 Å². The minimum Gasteiger partial charge on any atom is -0.326 e. The Morgan fingerprint density at radius 3 is 2.79 bits per heavy atom. The Morgan fingerprint density at radius 2 is 2.11 bits per heavy atom. The molecule has 4 nitrogen and oxygen atoms in total. The average molecular weight is 252 g/mol. The van der Waals surface area contributed by atoms with E-state index < -0.39 is 0 Å². The molecular weight excluding hydrogens is 243 g/mol. The van der Waals surface area contributed by atoms with Crippen molar-refractivity contribution in [1.82, 2.24) is 14.5 Å². The molecule has 0 radical (unpaired) electrons. The maximum absolute atomic E-state index is 12.9. The number of aromatic nitrogens is 3. The summed E-state index contributed by atoms with van der Waals surface area (Å²) in [5.41, 5.74) is 2.80. The van der Waals surface area contributed by atoms with E-state index in [1.165, 1.54) is 6.07 Å². The Bertz CT molecular complexity index is 797. The standard InChI is InChI=1S/C14H9FN4/c1-19-13-6-9(7-16)2-4-11(13)18-14(19)12-5-3-10(15)8-17-12/h2-6,8H,1H3. The van der Waals surface area contributed by atoms with Crippen LogP contribution < -0.4 is 0 Å². The van der Waals surface area contributed by atoms with Crippen molar-refractivity contribution in [3.8, 4) is 17.6 Å². The highest BCUT2D eigenvalue weighted by Gasteiger charge is 2.11. The first-order valence-corrected chi connectivity index (χ1v) is 5.67. The van der Waals surface area contributed by atoms with Gasteiger partial charge in [0.1, 0.15) is 11.5 Å². The van der Waals surface area contributed by atoms with Crippen LogP contribution in [0.25, 0.3) is 22.6 Å². The number of hydrogen-bond donors (Lipinski definition) is 0. The zero-order valence-corrected chi connectivity index (χ0v) is 10.1. The normalized spacial score (nSPS) is 10.6. The maximum Gasteiger partial charge on any atom is 0.159 e. The molecule has 3 rings (SSSR count). The Hall–Kier alpha value is -2.74. The summed E-state index contributed by atoms with van der Waals surface area (Å²) in [6.07, 6.45) is 1.16. The fourth-order valence-electron chi connectivity index (χ4n) is 2.00. The lowest BCUT2D eigenvalue weighted by atomic mass is 10.2. The molecule has 5 heteroatoms. The number of imidazole rings is 1. The van der Waals surface area contributed by atoms with Crippen LogP contribution in [0, 0.1) is 17.1 Å². The molecular formula is C14H9FN4. The lowest BCUT2D eigenvalue weighted by molar-refractivity contribution is 0.621. The number of halogens is 1. The molecule has 0 unspecified atom stereocenters. The van der Waals surface area contributed by atoms with E-state index in [-0.39, 0.29) is 5.82 Å². The number of benzene rings is 1. The van der Waals surface area contributed by atoms with Gasteiger partial charge >= 0.3 is 0 Å². The summed E-state index contributed by atoms with van der Waals surface area (Å²) in [5.74, 6) is 0.263. The van der Waals surface area contributed by atoms with Crippen molar-refractivity contribution in [2.75, 3.05) is 0 Å². The number of rotatable bonds is 1. The summed E-state index contributed by atoms with van der Waals surface area (Å²) in [6.45, 7) is 0. The Morgan fingerprint density at radius 1 is 1.26 bits per heavy atom. The summed E-state index contributed by atoms with van der Waals surface area (Å²) in [5, 5.41) is 8.91. The van der Waals surface area contributed by atoms with Gasteiger partial charge in [0, 0.05) is 7.05 Å². The van der Waals surface area contributed by atoms with Crippen LogP contribution in [0.3, 0.4) is 0 Å². The molecule has 0 aliphatic carbocycles. The number of fused-ring (bicyclic) bond motifs is 1. The van der Waals surface area contributed by atoms with Gasteiger partial charge < -0.3 is 4.57 Å². The monoisotopic (exact) mass is 252 g/mol. The molecule has 0 atom stereocenters. The first-order valence-electron chi connectivity index (χ1n) is 5.67. The van der Waals surface area contributed by atoms with Crippen LogP contribution in [-0.4, -0.2) is 14.5 Å². The third-order valence-corrected chi connectivity index (χ3v) is 2.97. The molecule has 3 aromatic rings. The molecule has 2 heterocycles. The molecule has 92 valence electrons. The van der Waals surface area contributed by atoms with Crippen molar-refractivity contribution in [1.29, 1.82) is 5.26 Å². The molecule has 0 N–H and O–H groups in total. The summed E-state index contributed by atoms with van der Waals surface area (Å²) in [4.78, 5) is 8.48. The molecule has 0 amide bonds. The van der Waals surface area contributed by atoms with Gasteiger partial charge in [0.2, 0.25) is 0 Å². The van der Waals surface area contributed by atoms with E-state index in [0.717, 1.165) is 17.2 Å². The lowest BCUT2D eigenvalue weighted by Gasteiger charge is -2.01. The van der Waals surface area contributed by atoms with Gasteiger partial charge in [0.05, 0.1) is 28.9 Å². The van der Waals surface area contributed by atoms with Crippen molar-refractivity contribution in [2.45, 2.75) is 0 Å². The van der Waals surface area contributed by atoms with Crippen LogP contribution >= 0.6 is 0 Å². The molecule has 0 spiro atoms. The van der Waals surface area contributed by atoms with Gasteiger partial charge in [-0.3, -0.25) is 0 Å². The van der Waals surface area contributed by atoms with Crippen LogP contribution in [0.5, 0.6) is 0 Å². The molecule has 2 aromatic heterocycles. The van der Waals surface area contributed by atoms with Crippen molar-refractivity contribution in [2.24, 2.45) is 7.05 Å². The highest BCUT2D eigenvalue weighted by molar-refractivity contribution is 5.81. The summed E-state index contributed by atoms with van der Waals surface area (Å²) < 4.78 is 14.7. The average Bonchev–Trinajstić information content (AvgIpc) is 2.76. The van der Waals surface area contributed by atoms with Crippen molar-refractivity contribution in [3.63, 3.8) is 0 Å². The Labute approximate surface area is 108 Å². The first-order chi connectivity index (χ1) is 9.19. The molecule has 0 bridgehead atoms. The fourth-order valence-corrected chi connectivity index (χ4v) is 2.00. The van der Waals surface area contributed by atoms with Crippen LogP contribution in [0.15, 0.2) is 36.5 Å². The van der Waals surface area contributed by atoms with Gasteiger partial charge in [0.15, 0.2) is 5.82 Å². The van der Waals surface area contributed by atoms with E-state index in [1.807, 2.05) is 11.6 Å². The van der Waals surface area contributed by atoms with Crippen molar-refractivity contribution < 1.29 is 4.39 Å². The minimum atomic E-state index is -0.380. The maximum atomic E-state index is 12.9.